The Balaban J connectivity index is 1.81. The number of esters is 1. The van der Waals surface area contributed by atoms with Crippen LogP contribution in [0.1, 0.15) is 25.7 Å². The molecule has 2 fully saturated rings. The predicted octanol–water partition coefficient (Wildman–Crippen LogP) is 1.42. The summed E-state index contributed by atoms with van der Waals surface area (Å²) < 4.78 is 5.24. The van der Waals surface area contributed by atoms with Crippen molar-refractivity contribution in [3.63, 3.8) is 0 Å². The highest BCUT2D eigenvalue weighted by molar-refractivity contribution is 8.00. The molecule has 0 heterocycles. The first-order valence-corrected chi connectivity index (χ1v) is 6.80. The van der Waals surface area contributed by atoms with E-state index >= 15 is 0 Å². The van der Waals surface area contributed by atoms with E-state index < -0.39 is 0 Å². The summed E-state index contributed by atoms with van der Waals surface area (Å²) in [7, 11) is 1.47. The minimum atomic E-state index is -0.0885. The number of carbonyl (C=O) groups is 1. The molecule has 0 spiro atoms. The fourth-order valence-corrected chi connectivity index (χ4v) is 2.63. The molecule has 2 rings (SSSR count). The van der Waals surface area contributed by atoms with Gasteiger partial charge in [-0.3, -0.25) is 4.79 Å². The Morgan fingerprint density at radius 2 is 2.27 bits per heavy atom. The summed E-state index contributed by atoms with van der Waals surface area (Å²) in [6.45, 7) is 0.949. The maximum Gasteiger partial charge on any atom is 0.323 e. The summed E-state index contributed by atoms with van der Waals surface area (Å²) in [4.78, 5) is 11.5. The molecule has 0 aromatic heterocycles. The molecule has 0 radical (unpaired) electrons. The first-order chi connectivity index (χ1) is 7.21. The van der Waals surface area contributed by atoms with Gasteiger partial charge >= 0.3 is 5.97 Å². The number of carbonyl (C=O) groups excluding carboxylic acids is 1. The molecule has 15 heavy (non-hydrogen) atoms. The van der Waals surface area contributed by atoms with Gasteiger partial charge in [-0.15, -0.1) is 0 Å². The second-order valence-electron chi connectivity index (χ2n) is 4.61. The van der Waals surface area contributed by atoms with E-state index in [9.17, 15) is 4.79 Å². The fourth-order valence-electron chi connectivity index (χ4n) is 1.89. The molecule has 0 aliphatic heterocycles. The largest absolute Gasteiger partial charge is 0.468 e. The second kappa shape index (κ2) is 4.34. The first-order valence-electron chi connectivity index (χ1n) is 5.57. The van der Waals surface area contributed by atoms with Crippen molar-refractivity contribution in [1.29, 1.82) is 0 Å². The third-order valence-electron chi connectivity index (χ3n) is 3.43. The molecule has 2 saturated carbocycles. The van der Waals surface area contributed by atoms with E-state index in [1.807, 2.05) is 11.8 Å². The SMILES string of the molecule is COC(=O)C(NCC1(SC)CC1)C1CC1. The van der Waals surface area contributed by atoms with Crippen LogP contribution in [0.3, 0.4) is 0 Å². The Kier molecular flexibility index (Phi) is 3.26. The van der Waals surface area contributed by atoms with Crippen molar-refractivity contribution in [2.24, 2.45) is 5.92 Å². The predicted molar refractivity (Wildman–Crippen MR) is 62.0 cm³/mol. The molecule has 2 aliphatic rings. The first kappa shape index (κ1) is 11.3. The summed E-state index contributed by atoms with van der Waals surface area (Å²) >= 11 is 1.92. The van der Waals surface area contributed by atoms with E-state index in [0.717, 1.165) is 6.54 Å². The lowest BCUT2D eigenvalue weighted by molar-refractivity contribution is -0.143. The maximum atomic E-state index is 11.5. The van der Waals surface area contributed by atoms with Gasteiger partial charge in [-0.2, -0.15) is 11.8 Å². The van der Waals surface area contributed by atoms with Crippen molar-refractivity contribution in [2.75, 3.05) is 19.9 Å². The van der Waals surface area contributed by atoms with Crippen LogP contribution in [-0.4, -0.2) is 36.7 Å². The number of hydrogen-bond donors (Lipinski definition) is 1. The number of methoxy groups -OCH3 is 1. The van der Waals surface area contributed by atoms with Crippen LogP contribution in [0.4, 0.5) is 0 Å². The smallest absolute Gasteiger partial charge is 0.323 e. The average molecular weight is 229 g/mol. The minimum absolute atomic E-state index is 0.0559. The Labute approximate surface area is 95.3 Å². The summed E-state index contributed by atoms with van der Waals surface area (Å²) in [5.41, 5.74) is 0. The normalized spacial score (nSPS) is 24.7. The molecule has 0 amide bonds. The van der Waals surface area contributed by atoms with Crippen LogP contribution in [0.5, 0.6) is 0 Å². The van der Waals surface area contributed by atoms with Gasteiger partial charge in [0, 0.05) is 11.3 Å². The zero-order valence-electron chi connectivity index (χ0n) is 9.41. The van der Waals surface area contributed by atoms with Crippen LogP contribution in [-0.2, 0) is 9.53 Å². The maximum absolute atomic E-state index is 11.5. The number of thioether (sulfide) groups is 1. The zero-order chi connectivity index (χ0) is 10.9. The molecular formula is C11H19NO2S. The zero-order valence-corrected chi connectivity index (χ0v) is 10.2. The highest BCUT2D eigenvalue weighted by atomic mass is 32.2. The summed E-state index contributed by atoms with van der Waals surface area (Å²) in [5.74, 6) is 0.435. The molecule has 1 atom stereocenters. The molecular weight excluding hydrogens is 210 g/mol. The van der Waals surface area contributed by atoms with Crippen molar-refractivity contribution in [2.45, 2.75) is 36.5 Å². The molecule has 1 N–H and O–H groups in total. The van der Waals surface area contributed by atoms with Crippen molar-refractivity contribution in [1.82, 2.24) is 5.32 Å². The van der Waals surface area contributed by atoms with Gasteiger partial charge in [0.15, 0.2) is 0 Å². The van der Waals surface area contributed by atoms with Gasteiger partial charge in [-0.05, 0) is 37.9 Å². The van der Waals surface area contributed by atoms with Gasteiger partial charge in [0.2, 0.25) is 0 Å². The lowest BCUT2D eigenvalue weighted by atomic mass is 10.2. The van der Waals surface area contributed by atoms with Gasteiger partial charge < -0.3 is 10.1 Å². The molecule has 0 aromatic rings. The van der Waals surface area contributed by atoms with Crippen LogP contribution in [0.25, 0.3) is 0 Å². The number of rotatable bonds is 6. The molecule has 86 valence electrons. The molecule has 4 heteroatoms. The van der Waals surface area contributed by atoms with E-state index in [-0.39, 0.29) is 12.0 Å². The highest BCUT2D eigenvalue weighted by Crippen LogP contribution is 2.46. The van der Waals surface area contributed by atoms with Crippen molar-refractivity contribution in [3.05, 3.63) is 0 Å². The Hall–Kier alpha value is -0.220. The van der Waals surface area contributed by atoms with Gasteiger partial charge in [0.25, 0.3) is 0 Å². The van der Waals surface area contributed by atoms with Gasteiger partial charge in [0.1, 0.15) is 6.04 Å². The van der Waals surface area contributed by atoms with E-state index in [1.54, 1.807) is 0 Å². The number of hydrogen-bond acceptors (Lipinski definition) is 4. The second-order valence-corrected chi connectivity index (χ2v) is 5.88. The Morgan fingerprint density at radius 3 is 2.67 bits per heavy atom. The van der Waals surface area contributed by atoms with E-state index in [0.29, 0.717) is 10.7 Å². The number of ether oxygens (including phenoxy) is 1. The average Bonchev–Trinajstić information content (AvgIpc) is 3.12. The monoisotopic (exact) mass is 229 g/mol. The fraction of sp³-hybridized carbons (Fsp3) is 0.909. The number of nitrogens with one attached hydrogen (secondary N) is 1. The molecule has 0 aromatic carbocycles. The van der Waals surface area contributed by atoms with Gasteiger partial charge in [-0.25, -0.2) is 0 Å². The van der Waals surface area contributed by atoms with Crippen LogP contribution < -0.4 is 5.32 Å². The molecule has 3 nitrogen and oxygen atoms in total. The third-order valence-corrected chi connectivity index (χ3v) is 4.85. The topological polar surface area (TPSA) is 38.3 Å². The van der Waals surface area contributed by atoms with Crippen molar-refractivity contribution >= 4 is 17.7 Å². The third kappa shape index (κ3) is 2.67. The van der Waals surface area contributed by atoms with E-state index in [2.05, 4.69) is 11.6 Å². The summed E-state index contributed by atoms with van der Waals surface area (Å²) in [5, 5.41) is 3.39. The highest BCUT2D eigenvalue weighted by Gasteiger charge is 2.44. The van der Waals surface area contributed by atoms with Gasteiger partial charge in [-0.1, -0.05) is 0 Å². The van der Waals surface area contributed by atoms with Gasteiger partial charge in [0.05, 0.1) is 7.11 Å². The van der Waals surface area contributed by atoms with Crippen molar-refractivity contribution in [3.8, 4) is 0 Å². The van der Waals surface area contributed by atoms with Crippen LogP contribution in [0, 0.1) is 5.92 Å². The summed E-state index contributed by atoms with van der Waals surface area (Å²) in [6.07, 6.45) is 7.04. The standard InChI is InChI=1S/C11H19NO2S/c1-14-10(13)9(8-3-4-8)12-7-11(15-2)5-6-11/h8-9,12H,3-7H2,1-2H3. The Morgan fingerprint density at radius 1 is 1.60 bits per heavy atom. The van der Waals surface area contributed by atoms with E-state index in [4.69, 9.17) is 4.74 Å². The molecule has 0 saturated heterocycles. The molecule has 1 unspecified atom stereocenters. The van der Waals surface area contributed by atoms with Crippen LogP contribution in [0.2, 0.25) is 0 Å². The van der Waals surface area contributed by atoms with E-state index in [1.165, 1.54) is 32.8 Å². The van der Waals surface area contributed by atoms with Crippen LogP contribution in [0.15, 0.2) is 0 Å². The lowest BCUT2D eigenvalue weighted by Gasteiger charge is -2.19. The minimum Gasteiger partial charge on any atom is -0.468 e. The lowest BCUT2D eigenvalue weighted by Crippen LogP contribution is -2.43. The molecule has 2 aliphatic carbocycles. The Bertz CT molecular complexity index is 249. The molecule has 0 bridgehead atoms. The quantitative estimate of drug-likeness (QED) is 0.699. The van der Waals surface area contributed by atoms with Crippen molar-refractivity contribution < 1.29 is 9.53 Å². The summed E-state index contributed by atoms with van der Waals surface area (Å²) in [6, 6.07) is -0.0559. The van der Waals surface area contributed by atoms with Crippen LogP contribution >= 0.6 is 11.8 Å².